The zero-order chi connectivity index (χ0) is 4.12. The van der Waals surface area contributed by atoms with Crippen LogP contribution < -0.4 is 0 Å². The Morgan fingerprint density at radius 1 is 2.00 bits per heavy atom. The van der Waals surface area contributed by atoms with Crippen molar-refractivity contribution in [2.45, 2.75) is 6.92 Å². The molecule has 0 radical (unpaired) electrons. The second kappa shape index (κ2) is 5.26. The van der Waals surface area contributed by atoms with Crippen molar-refractivity contribution in [3.8, 4) is 0 Å². The Morgan fingerprint density at radius 3 is 2.60 bits per heavy atom. The number of rotatable bonds is 2. The van der Waals surface area contributed by atoms with Gasteiger partial charge in [-0.2, -0.15) is 0 Å². The van der Waals surface area contributed by atoms with Gasteiger partial charge in [0.1, 0.15) is 0 Å². The molecule has 5 heavy (non-hydrogen) atoms. The smallest absolute Gasteiger partial charge is 0.00652 e. The molecular formula is C2H6BrPS. The van der Waals surface area contributed by atoms with Crippen LogP contribution in [0.5, 0.6) is 0 Å². The molecule has 0 aliphatic carbocycles. The summed E-state index contributed by atoms with van der Waals surface area (Å²) in [5.41, 5.74) is 0. The Hall–Kier alpha value is 1.26. The van der Waals surface area contributed by atoms with Gasteiger partial charge in [-0.05, 0) is 28.8 Å². The van der Waals surface area contributed by atoms with Gasteiger partial charge in [-0.25, -0.2) is 0 Å². The minimum absolute atomic E-state index is 1.03. The third kappa shape index (κ3) is 5.26. The van der Waals surface area contributed by atoms with Crippen molar-refractivity contribution in [1.82, 2.24) is 0 Å². The summed E-state index contributed by atoms with van der Waals surface area (Å²) in [6.07, 6.45) is 1.29. The maximum Gasteiger partial charge on any atom is -0.00652 e. The summed E-state index contributed by atoms with van der Waals surface area (Å²) in [5, 5.41) is 0. The molecule has 0 aromatic carbocycles. The van der Waals surface area contributed by atoms with E-state index in [2.05, 4.69) is 21.7 Å². The molecule has 0 spiro atoms. The fraction of sp³-hybridized carbons (Fsp3) is 1.00. The highest BCUT2D eigenvalue weighted by Gasteiger charge is 1.69. The van der Waals surface area contributed by atoms with Gasteiger partial charge in [0.15, 0.2) is 0 Å². The minimum Gasteiger partial charge on any atom is -0.0609 e. The molecule has 0 nitrogen and oxygen atoms in total. The van der Waals surface area contributed by atoms with Crippen molar-refractivity contribution in [3.05, 3.63) is 0 Å². The van der Waals surface area contributed by atoms with E-state index >= 15 is 0 Å². The fourth-order valence-electron chi connectivity index (χ4n) is 0.0546. The Kier molecular flexibility index (Phi) is 6.59. The lowest BCUT2D eigenvalue weighted by Crippen LogP contribution is -1.43. The van der Waals surface area contributed by atoms with Crippen LogP contribution in [0.3, 0.4) is 0 Å². The van der Waals surface area contributed by atoms with E-state index in [0.717, 1.165) is 7.78 Å². The molecule has 3 heteroatoms. The highest BCUT2D eigenvalue weighted by atomic mass is 79.9. The molecule has 1 atom stereocenters. The van der Waals surface area contributed by atoms with Gasteiger partial charge < -0.3 is 0 Å². The fourth-order valence-corrected chi connectivity index (χ4v) is 2.55. The van der Waals surface area contributed by atoms with E-state index < -0.39 is 0 Å². The third-order valence-electron chi connectivity index (χ3n) is 0.199. The van der Waals surface area contributed by atoms with Crippen LogP contribution in [0.4, 0.5) is 0 Å². The highest BCUT2D eigenvalue weighted by Crippen LogP contribution is 2.33. The first kappa shape index (κ1) is 6.26. The van der Waals surface area contributed by atoms with Crippen molar-refractivity contribution in [1.29, 1.82) is 0 Å². The average molecular weight is 173 g/mol. The summed E-state index contributed by atoms with van der Waals surface area (Å²) in [4.78, 5) is 0. The molecule has 0 bridgehead atoms. The second-order valence-electron chi connectivity index (χ2n) is 0.575. The first-order chi connectivity index (χ1) is 2.41. The lowest BCUT2D eigenvalue weighted by molar-refractivity contribution is 1.53. The average Bonchev–Trinajstić information content (AvgIpc) is 1.41. The molecule has 1 unspecified atom stereocenters. The third-order valence-corrected chi connectivity index (χ3v) is 3.85. The summed E-state index contributed by atoms with van der Waals surface area (Å²) in [6.45, 7) is 2.17. The monoisotopic (exact) mass is 172 g/mol. The quantitative estimate of drug-likeness (QED) is 0.578. The topological polar surface area (TPSA) is 0 Å². The van der Waals surface area contributed by atoms with Gasteiger partial charge in [0.25, 0.3) is 0 Å². The van der Waals surface area contributed by atoms with Crippen LogP contribution in [-0.2, 0) is 0 Å². The zero-order valence-electron chi connectivity index (χ0n) is 2.99. The Morgan fingerprint density at radius 2 is 2.60 bits per heavy atom. The summed E-state index contributed by atoms with van der Waals surface area (Å²) < 4.78 is 0. The lowest BCUT2D eigenvalue weighted by Gasteiger charge is -1.78. The van der Waals surface area contributed by atoms with Gasteiger partial charge in [-0.3, -0.25) is 0 Å². The molecule has 0 fully saturated rings. The number of hydrogen-bond acceptors (Lipinski definition) is 1. The maximum absolute atomic E-state index is 3.24. The first-order valence-corrected chi connectivity index (χ1v) is 6.01. The van der Waals surface area contributed by atoms with Crippen LogP contribution >= 0.6 is 32.4 Å². The van der Waals surface area contributed by atoms with E-state index in [1.807, 2.05) is 0 Å². The van der Waals surface area contributed by atoms with Crippen LogP contribution in [-0.4, -0.2) is 6.16 Å². The van der Waals surface area contributed by atoms with Gasteiger partial charge in [0.2, 0.25) is 0 Å². The Bertz CT molecular complexity index is 17.1. The molecule has 0 rings (SSSR count). The largest absolute Gasteiger partial charge is 0.0609 e. The van der Waals surface area contributed by atoms with Gasteiger partial charge in [0, 0.05) is 0 Å². The van der Waals surface area contributed by atoms with Gasteiger partial charge in [-0.1, -0.05) is 16.7 Å². The molecule has 0 saturated carbocycles. The van der Waals surface area contributed by atoms with Crippen LogP contribution in [0.2, 0.25) is 0 Å². The molecule has 0 amide bonds. The molecule has 0 aromatic heterocycles. The highest BCUT2D eigenvalue weighted by molar-refractivity contribution is 9.56. The second-order valence-corrected chi connectivity index (χ2v) is 5.97. The van der Waals surface area contributed by atoms with Gasteiger partial charge in [0.05, 0.1) is 0 Å². The van der Waals surface area contributed by atoms with Crippen LogP contribution in [0.25, 0.3) is 0 Å². The van der Waals surface area contributed by atoms with E-state index in [4.69, 9.17) is 0 Å². The Balaban J connectivity index is 2.19. The van der Waals surface area contributed by atoms with Crippen LogP contribution in [0.15, 0.2) is 0 Å². The van der Waals surface area contributed by atoms with Crippen molar-refractivity contribution < 1.29 is 0 Å². The molecule has 32 valence electrons. The van der Waals surface area contributed by atoms with Crippen molar-refractivity contribution in [2.24, 2.45) is 0 Å². The van der Waals surface area contributed by atoms with E-state index in [9.17, 15) is 0 Å². The van der Waals surface area contributed by atoms with Crippen molar-refractivity contribution in [2.75, 3.05) is 6.16 Å². The summed E-state index contributed by atoms with van der Waals surface area (Å²) in [6, 6.07) is 0. The lowest BCUT2D eigenvalue weighted by atomic mass is 11.0. The number of halogens is 1. The van der Waals surface area contributed by atoms with Gasteiger partial charge in [-0.15, -0.1) is 0 Å². The predicted molar refractivity (Wildman–Crippen MR) is 35.4 cm³/mol. The molecule has 0 heterocycles. The molecular weight excluding hydrogens is 167 g/mol. The minimum atomic E-state index is 1.03. The van der Waals surface area contributed by atoms with Crippen LogP contribution in [0, 0.1) is 0 Å². The molecule has 0 aliphatic heterocycles. The summed E-state index contributed by atoms with van der Waals surface area (Å²) in [5.74, 6) is 0. The van der Waals surface area contributed by atoms with Crippen molar-refractivity contribution >= 4 is 32.4 Å². The van der Waals surface area contributed by atoms with E-state index in [0.29, 0.717) is 0 Å². The molecule has 0 aromatic rings. The standard InChI is InChI=1S/C2H6BrPS/c1-2-4-5-3/h4H,2H2,1H3. The Labute approximate surface area is 45.8 Å². The molecule has 0 saturated heterocycles. The van der Waals surface area contributed by atoms with E-state index in [-0.39, 0.29) is 0 Å². The molecule has 0 N–H and O–H groups in total. The van der Waals surface area contributed by atoms with E-state index in [1.54, 1.807) is 9.82 Å². The normalized spacial score (nSPS) is 10.8. The summed E-state index contributed by atoms with van der Waals surface area (Å²) >= 11 is 3.24. The summed E-state index contributed by atoms with van der Waals surface area (Å²) in [7, 11) is 2.77. The predicted octanol–water partition coefficient (Wildman–Crippen LogP) is 2.64. The zero-order valence-corrected chi connectivity index (χ0v) is 6.40. The molecule has 0 aliphatic rings. The SMILES string of the molecule is CCPSBr. The maximum atomic E-state index is 3.24. The van der Waals surface area contributed by atoms with Crippen molar-refractivity contribution in [3.63, 3.8) is 0 Å². The van der Waals surface area contributed by atoms with Gasteiger partial charge >= 0.3 is 0 Å². The number of hydrogen-bond donors (Lipinski definition) is 0. The van der Waals surface area contributed by atoms with E-state index in [1.165, 1.54) is 6.16 Å². The first-order valence-electron chi connectivity index (χ1n) is 1.42. The van der Waals surface area contributed by atoms with Crippen LogP contribution in [0.1, 0.15) is 6.92 Å².